The maximum Gasteiger partial charge on any atom is 0.264 e. The fraction of sp³-hybridized carbons (Fsp3) is 0.375. The van der Waals surface area contributed by atoms with Gasteiger partial charge in [-0.3, -0.25) is 13.9 Å². The van der Waals surface area contributed by atoms with Gasteiger partial charge >= 0.3 is 0 Å². The first-order valence-electron chi connectivity index (χ1n) is 14.1. The Balaban J connectivity index is 2.04. The van der Waals surface area contributed by atoms with Crippen LogP contribution in [0.4, 0.5) is 5.69 Å². The number of hydrogen-bond donors (Lipinski definition) is 1. The summed E-state index contributed by atoms with van der Waals surface area (Å²) in [4.78, 5) is 29.9. The van der Waals surface area contributed by atoms with Gasteiger partial charge in [0.15, 0.2) is 0 Å². The normalized spacial score (nSPS) is 12.0. The van der Waals surface area contributed by atoms with E-state index in [0.717, 1.165) is 14.8 Å². The third kappa shape index (κ3) is 8.75. The molecule has 0 aliphatic carbocycles. The molecule has 1 N–H and O–H groups in total. The molecule has 0 fully saturated rings. The fourth-order valence-corrected chi connectivity index (χ4v) is 6.22. The number of anilines is 1. The summed E-state index contributed by atoms with van der Waals surface area (Å²) in [6.07, 6.45) is 2.28. The van der Waals surface area contributed by atoms with Gasteiger partial charge in [-0.15, -0.1) is 11.8 Å². The van der Waals surface area contributed by atoms with Gasteiger partial charge in [-0.2, -0.15) is 0 Å². The third-order valence-corrected chi connectivity index (χ3v) is 9.16. The molecule has 3 aromatic carbocycles. The van der Waals surface area contributed by atoms with E-state index in [1.807, 2.05) is 64.3 Å². The van der Waals surface area contributed by atoms with Gasteiger partial charge in [-0.05, 0) is 79.6 Å². The highest BCUT2D eigenvalue weighted by Gasteiger charge is 2.33. The first-order chi connectivity index (χ1) is 20.1. The zero-order valence-corrected chi connectivity index (χ0v) is 26.6. The number of rotatable bonds is 15. The molecule has 0 spiro atoms. The molecule has 0 aliphatic rings. The van der Waals surface area contributed by atoms with Crippen LogP contribution in [0.25, 0.3) is 0 Å². The number of amides is 2. The summed E-state index contributed by atoms with van der Waals surface area (Å²) < 4.78 is 34.7. The molecule has 1 atom stereocenters. The molecule has 0 unspecified atom stereocenters. The van der Waals surface area contributed by atoms with Gasteiger partial charge in [0.05, 0.1) is 17.2 Å². The van der Waals surface area contributed by atoms with Crippen molar-refractivity contribution in [1.82, 2.24) is 10.2 Å². The van der Waals surface area contributed by atoms with Crippen LogP contribution in [0.1, 0.15) is 39.7 Å². The molecular weight excluding hydrogens is 571 g/mol. The molecule has 0 bridgehead atoms. The molecule has 0 saturated heterocycles. The van der Waals surface area contributed by atoms with Crippen LogP contribution in [0.3, 0.4) is 0 Å². The van der Waals surface area contributed by atoms with Crippen molar-refractivity contribution in [1.29, 1.82) is 0 Å². The van der Waals surface area contributed by atoms with Crippen molar-refractivity contribution in [3.05, 3.63) is 84.4 Å². The standard InChI is InChI=1S/C32H41N3O5S2/c1-6-30(32(37)33-21-24(3)4)34(22-25-11-9-8-10-12-25)31(36)23-35(26-13-15-27(16-14-26)40-7-2)42(38,39)29-19-17-28(41-5)18-20-29/h8-20,24,30H,6-7,21-23H2,1-5H3,(H,33,37)/t30-/m0/s1. The van der Waals surface area contributed by atoms with Crippen LogP contribution in [0.5, 0.6) is 5.75 Å². The summed E-state index contributed by atoms with van der Waals surface area (Å²) in [6.45, 7) is 8.32. The van der Waals surface area contributed by atoms with Crippen LogP contribution in [0.2, 0.25) is 0 Å². The van der Waals surface area contributed by atoms with Crippen molar-refractivity contribution in [2.45, 2.75) is 56.5 Å². The highest BCUT2D eigenvalue weighted by Crippen LogP contribution is 2.28. The lowest BCUT2D eigenvalue weighted by Crippen LogP contribution is -2.52. The number of sulfonamides is 1. The van der Waals surface area contributed by atoms with E-state index in [-0.39, 0.29) is 23.3 Å². The number of ether oxygens (including phenoxy) is 1. The molecule has 0 radical (unpaired) electrons. The average Bonchev–Trinajstić information content (AvgIpc) is 2.99. The van der Waals surface area contributed by atoms with Crippen molar-refractivity contribution in [3.63, 3.8) is 0 Å². The predicted octanol–water partition coefficient (Wildman–Crippen LogP) is 5.58. The molecule has 2 amide bonds. The van der Waals surface area contributed by atoms with E-state index in [2.05, 4.69) is 5.32 Å². The van der Waals surface area contributed by atoms with Crippen molar-refractivity contribution in [3.8, 4) is 5.75 Å². The Labute approximate surface area is 254 Å². The smallest absolute Gasteiger partial charge is 0.264 e. The van der Waals surface area contributed by atoms with Crippen molar-refractivity contribution in [2.75, 3.05) is 30.3 Å². The van der Waals surface area contributed by atoms with Gasteiger partial charge in [0, 0.05) is 18.0 Å². The van der Waals surface area contributed by atoms with Gasteiger partial charge in [0.25, 0.3) is 10.0 Å². The lowest BCUT2D eigenvalue weighted by atomic mass is 10.1. The third-order valence-electron chi connectivity index (χ3n) is 6.63. The van der Waals surface area contributed by atoms with Gasteiger partial charge < -0.3 is 15.0 Å². The van der Waals surface area contributed by atoms with Crippen molar-refractivity contribution >= 4 is 39.3 Å². The first kappa shape index (κ1) is 33.0. The Morgan fingerprint density at radius 2 is 1.57 bits per heavy atom. The Bertz CT molecular complexity index is 1400. The van der Waals surface area contributed by atoms with E-state index < -0.39 is 28.5 Å². The molecule has 3 rings (SSSR count). The van der Waals surface area contributed by atoms with Crippen molar-refractivity contribution in [2.24, 2.45) is 5.92 Å². The number of thioether (sulfide) groups is 1. The van der Waals surface area contributed by atoms with Gasteiger partial charge in [0.2, 0.25) is 11.8 Å². The lowest BCUT2D eigenvalue weighted by Gasteiger charge is -2.33. The highest BCUT2D eigenvalue weighted by atomic mass is 32.2. The number of benzene rings is 3. The van der Waals surface area contributed by atoms with Crippen LogP contribution in [0, 0.1) is 5.92 Å². The summed E-state index contributed by atoms with van der Waals surface area (Å²) >= 11 is 1.51. The van der Waals surface area contributed by atoms with Crippen LogP contribution in [-0.2, 0) is 26.2 Å². The van der Waals surface area contributed by atoms with E-state index in [0.29, 0.717) is 31.0 Å². The zero-order chi connectivity index (χ0) is 30.7. The van der Waals surface area contributed by atoms with Crippen LogP contribution >= 0.6 is 11.8 Å². The zero-order valence-electron chi connectivity index (χ0n) is 24.9. The summed E-state index contributed by atoms with van der Waals surface area (Å²) in [7, 11) is -4.14. The van der Waals surface area contributed by atoms with Crippen LogP contribution < -0.4 is 14.4 Å². The molecule has 0 aromatic heterocycles. The Morgan fingerprint density at radius 3 is 2.12 bits per heavy atom. The van der Waals surface area contributed by atoms with Gasteiger partial charge in [-0.25, -0.2) is 8.42 Å². The Morgan fingerprint density at radius 1 is 0.929 bits per heavy atom. The summed E-state index contributed by atoms with van der Waals surface area (Å²) in [5.41, 5.74) is 1.15. The number of hydrogen-bond acceptors (Lipinski definition) is 6. The second-order valence-corrected chi connectivity index (χ2v) is 12.9. The molecule has 0 aliphatic heterocycles. The maximum absolute atomic E-state index is 14.1. The summed E-state index contributed by atoms with van der Waals surface area (Å²) in [6, 6.07) is 21.8. The van der Waals surface area contributed by atoms with Crippen LogP contribution in [-0.4, -0.2) is 57.1 Å². The molecule has 0 heterocycles. The minimum absolute atomic E-state index is 0.0679. The second-order valence-electron chi connectivity index (χ2n) is 10.2. The summed E-state index contributed by atoms with van der Waals surface area (Å²) in [5, 5.41) is 2.94. The summed E-state index contributed by atoms with van der Waals surface area (Å²) in [5.74, 6) is 0.0811. The lowest BCUT2D eigenvalue weighted by molar-refractivity contribution is -0.140. The molecule has 3 aromatic rings. The Kier molecular flexibility index (Phi) is 12.3. The number of nitrogens with zero attached hydrogens (tertiary/aromatic N) is 2. The average molecular weight is 612 g/mol. The second kappa shape index (κ2) is 15.7. The topological polar surface area (TPSA) is 96.0 Å². The van der Waals surface area contributed by atoms with E-state index in [1.165, 1.54) is 16.7 Å². The minimum atomic E-state index is -4.14. The SMILES string of the molecule is CCOc1ccc(N(CC(=O)N(Cc2ccccc2)[C@@H](CC)C(=O)NCC(C)C)S(=O)(=O)c2ccc(SC)cc2)cc1. The van der Waals surface area contributed by atoms with Crippen molar-refractivity contribution < 1.29 is 22.7 Å². The maximum atomic E-state index is 14.1. The molecule has 10 heteroatoms. The molecule has 0 saturated carbocycles. The largest absolute Gasteiger partial charge is 0.494 e. The minimum Gasteiger partial charge on any atom is -0.494 e. The number of carbonyl (C=O) groups is 2. The molecule has 226 valence electrons. The highest BCUT2D eigenvalue weighted by molar-refractivity contribution is 7.98. The van der Waals surface area contributed by atoms with Gasteiger partial charge in [0.1, 0.15) is 18.3 Å². The first-order valence-corrected chi connectivity index (χ1v) is 16.8. The predicted molar refractivity (Wildman–Crippen MR) is 169 cm³/mol. The molecule has 42 heavy (non-hydrogen) atoms. The van der Waals surface area contributed by atoms with Gasteiger partial charge in [-0.1, -0.05) is 51.1 Å². The van der Waals surface area contributed by atoms with E-state index in [1.54, 1.807) is 48.5 Å². The van der Waals surface area contributed by atoms with E-state index >= 15 is 0 Å². The molecule has 8 nitrogen and oxygen atoms in total. The van der Waals surface area contributed by atoms with E-state index in [4.69, 9.17) is 4.74 Å². The molecular formula is C32H41N3O5S2. The van der Waals surface area contributed by atoms with Crippen LogP contribution in [0.15, 0.2) is 88.7 Å². The van der Waals surface area contributed by atoms with E-state index in [9.17, 15) is 18.0 Å². The monoisotopic (exact) mass is 611 g/mol. The Hall–Kier alpha value is -3.50. The quantitative estimate of drug-likeness (QED) is 0.226. The number of nitrogens with one attached hydrogen (secondary N) is 1. The fourth-order valence-electron chi connectivity index (χ4n) is 4.40. The number of carbonyl (C=O) groups excluding carboxylic acids is 2.